The van der Waals surface area contributed by atoms with Crippen LogP contribution in [0.15, 0.2) is 42.5 Å². The van der Waals surface area contributed by atoms with Gasteiger partial charge in [0, 0.05) is 30.2 Å². The lowest BCUT2D eigenvalue weighted by molar-refractivity contribution is -0.155. The van der Waals surface area contributed by atoms with Gasteiger partial charge in [-0.05, 0) is 62.9 Å². The number of benzene rings is 2. The number of likely N-dealkylation sites (tertiary alicyclic amines) is 1. The van der Waals surface area contributed by atoms with E-state index in [-0.39, 0.29) is 11.6 Å². The molecule has 2 aliphatic rings. The average Bonchev–Trinajstić information content (AvgIpc) is 3.09. The molecule has 172 valence electrons. The van der Waals surface area contributed by atoms with E-state index in [2.05, 4.69) is 17.0 Å². The van der Waals surface area contributed by atoms with Gasteiger partial charge in [-0.15, -0.1) is 0 Å². The van der Waals surface area contributed by atoms with Crippen molar-refractivity contribution in [2.45, 2.75) is 64.4 Å². The van der Waals surface area contributed by atoms with E-state index in [0.717, 1.165) is 48.8 Å². The van der Waals surface area contributed by atoms with Crippen molar-refractivity contribution in [1.29, 1.82) is 0 Å². The largest absolute Gasteiger partial charge is 0.489 e. The number of carbonyl (C=O) groups is 1. The summed E-state index contributed by atoms with van der Waals surface area (Å²) in [5.74, 6) is 0.698. The topological polar surface area (TPSA) is 48.0 Å². The number of rotatable bonds is 6. The molecule has 2 aliphatic heterocycles. The summed E-state index contributed by atoms with van der Waals surface area (Å²) in [7, 11) is 0. The first-order chi connectivity index (χ1) is 15.2. The summed E-state index contributed by atoms with van der Waals surface area (Å²) in [6.45, 7) is 9.30. The first kappa shape index (κ1) is 23.1. The van der Waals surface area contributed by atoms with Gasteiger partial charge < -0.3 is 19.1 Å². The number of halogens is 1. The molecular formula is C26H32ClNO4. The Morgan fingerprint density at radius 3 is 2.62 bits per heavy atom. The average molecular weight is 458 g/mol. The number of nitrogens with zero attached hydrogens (tertiary/aromatic N) is 1. The third-order valence-electron chi connectivity index (χ3n) is 6.14. The minimum atomic E-state index is -0.430. The van der Waals surface area contributed by atoms with Crippen LogP contribution in [0.3, 0.4) is 0 Å². The maximum atomic E-state index is 12.0. The van der Waals surface area contributed by atoms with Gasteiger partial charge in [-0.1, -0.05) is 35.9 Å². The van der Waals surface area contributed by atoms with Gasteiger partial charge in [0.25, 0.3) is 0 Å². The zero-order chi connectivity index (χ0) is 22.8. The fourth-order valence-corrected chi connectivity index (χ4v) is 4.68. The zero-order valence-corrected chi connectivity index (χ0v) is 19.9. The van der Waals surface area contributed by atoms with Crippen LogP contribution in [-0.4, -0.2) is 36.1 Å². The summed E-state index contributed by atoms with van der Waals surface area (Å²) in [6, 6.07) is 14.0. The summed E-state index contributed by atoms with van der Waals surface area (Å²) in [5, 5.41) is 0.717. The standard InChI is InChI=1S/C26H32ClNO4/c1-25(2,3)32-24(29)10-13-28-14-11-26(12-15-28)22-9-8-21(16-20(22)18-31-26)30-17-19-6-4-5-7-23(19)27/h4-9,16H,10-15,17-18H2,1-3H3. The molecule has 4 rings (SSSR count). The molecule has 0 N–H and O–H groups in total. The van der Waals surface area contributed by atoms with Crippen LogP contribution in [0.2, 0.25) is 5.02 Å². The molecule has 0 atom stereocenters. The molecule has 0 radical (unpaired) electrons. The Labute approximate surface area is 195 Å². The highest BCUT2D eigenvalue weighted by molar-refractivity contribution is 6.31. The van der Waals surface area contributed by atoms with Gasteiger partial charge >= 0.3 is 5.97 Å². The molecule has 2 aromatic rings. The highest BCUT2D eigenvalue weighted by Crippen LogP contribution is 2.45. The lowest BCUT2D eigenvalue weighted by Crippen LogP contribution is -2.43. The predicted molar refractivity (Wildman–Crippen MR) is 125 cm³/mol. The van der Waals surface area contributed by atoms with E-state index in [0.29, 0.717) is 19.6 Å². The monoisotopic (exact) mass is 457 g/mol. The molecule has 0 amide bonds. The molecule has 1 fully saturated rings. The SMILES string of the molecule is CC(C)(C)OC(=O)CCN1CCC2(CC1)OCc1cc(OCc3ccccc3Cl)ccc12. The van der Waals surface area contributed by atoms with Crippen LogP contribution in [0, 0.1) is 0 Å². The van der Waals surface area contributed by atoms with Gasteiger partial charge in [-0.2, -0.15) is 0 Å². The van der Waals surface area contributed by atoms with E-state index < -0.39 is 5.60 Å². The van der Waals surface area contributed by atoms with Gasteiger partial charge in [-0.3, -0.25) is 4.79 Å². The molecule has 0 saturated carbocycles. The van der Waals surface area contributed by atoms with E-state index in [1.165, 1.54) is 11.1 Å². The van der Waals surface area contributed by atoms with Crippen molar-refractivity contribution in [1.82, 2.24) is 4.90 Å². The maximum absolute atomic E-state index is 12.0. The molecule has 0 aromatic heterocycles. The molecule has 5 nitrogen and oxygen atoms in total. The number of hydrogen-bond donors (Lipinski definition) is 0. The van der Waals surface area contributed by atoms with Crippen LogP contribution < -0.4 is 4.74 Å². The van der Waals surface area contributed by atoms with Crippen molar-refractivity contribution in [2.24, 2.45) is 0 Å². The summed E-state index contributed by atoms with van der Waals surface area (Å²) in [5.41, 5.74) is 2.79. The predicted octanol–water partition coefficient (Wildman–Crippen LogP) is 5.47. The summed E-state index contributed by atoms with van der Waals surface area (Å²) >= 11 is 6.23. The number of hydrogen-bond acceptors (Lipinski definition) is 5. The second-order valence-corrected chi connectivity index (χ2v) is 10.1. The summed E-state index contributed by atoms with van der Waals surface area (Å²) in [6.07, 6.45) is 2.27. The number of fused-ring (bicyclic) bond motifs is 2. The third-order valence-corrected chi connectivity index (χ3v) is 6.51. The Hall–Kier alpha value is -2.08. The van der Waals surface area contributed by atoms with Crippen molar-refractivity contribution >= 4 is 17.6 Å². The molecule has 2 aromatic carbocycles. The van der Waals surface area contributed by atoms with E-state index >= 15 is 0 Å². The normalized spacial score (nSPS) is 17.9. The molecular weight excluding hydrogens is 426 g/mol. The third kappa shape index (κ3) is 5.45. The van der Waals surface area contributed by atoms with Crippen LogP contribution in [0.25, 0.3) is 0 Å². The Balaban J connectivity index is 1.32. The van der Waals surface area contributed by atoms with Crippen molar-refractivity contribution in [3.05, 3.63) is 64.2 Å². The smallest absolute Gasteiger partial charge is 0.307 e. The van der Waals surface area contributed by atoms with Crippen molar-refractivity contribution in [2.75, 3.05) is 19.6 Å². The molecule has 2 heterocycles. The second-order valence-electron chi connectivity index (χ2n) is 9.66. The lowest BCUT2D eigenvalue weighted by atomic mass is 9.83. The Kier molecular flexibility index (Phi) is 6.80. The van der Waals surface area contributed by atoms with Crippen LogP contribution in [0.5, 0.6) is 5.75 Å². The first-order valence-corrected chi connectivity index (χ1v) is 11.7. The van der Waals surface area contributed by atoms with Crippen LogP contribution in [0.1, 0.15) is 56.7 Å². The Morgan fingerprint density at radius 2 is 1.91 bits per heavy atom. The number of piperidine rings is 1. The van der Waals surface area contributed by atoms with Crippen molar-refractivity contribution in [3.8, 4) is 5.75 Å². The number of esters is 1. The van der Waals surface area contributed by atoms with E-state index in [1.807, 2.05) is 51.1 Å². The molecule has 1 saturated heterocycles. The quantitative estimate of drug-likeness (QED) is 0.538. The molecule has 32 heavy (non-hydrogen) atoms. The van der Waals surface area contributed by atoms with Crippen LogP contribution in [0.4, 0.5) is 0 Å². The van der Waals surface area contributed by atoms with Gasteiger partial charge in [-0.25, -0.2) is 0 Å². The summed E-state index contributed by atoms with van der Waals surface area (Å²) < 4.78 is 17.7. The van der Waals surface area contributed by atoms with Crippen molar-refractivity contribution < 1.29 is 19.0 Å². The summed E-state index contributed by atoms with van der Waals surface area (Å²) in [4.78, 5) is 14.3. The fraction of sp³-hybridized carbons (Fsp3) is 0.500. The molecule has 6 heteroatoms. The molecule has 1 spiro atoms. The Morgan fingerprint density at radius 1 is 1.16 bits per heavy atom. The van der Waals surface area contributed by atoms with E-state index in [4.69, 9.17) is 25.8 Å². The van der Waals surface area contributed by atoms with Gasteiger partial charge in [0.15, 0.2) is 0 Å². The van der Waals surface area contributed by atoms with Gasteiger partial charge in [0.2, 0.25) is 0 Å². The molecule has 0 aliphatic carbocycles. The number of carbonyl (C=O) groups excluding carboxylic acids is 1. The van der Waals surface area contributed by atoms with Crippen molar-refractivity contribution in [3.63, 3.8) is 0 Å². The van der Waals surface area contributed by atoms with E-state index in [9.17, 15) is 4.79 Å². The minimum absolute atomic E-state index is 0.135. The van der Waals surface area contributed by atoms with Crippen LogP contribution in [-0.2, 0) is 33.1 Å². The lowest BCUT2D eigenvalue weighted by Gasteiger charge is -2.39. The molecule has 0 bridgehead atoms. The fourth-order valence-electron chi connectivity index (χ4n) is 4.49. The van der Waals surface area contributed by atoms with E-state index in [1.54, 1.807) is 0 Å². The highest BCUT2D eigenvalue weighted by Gasteiger charge is 2.42. The number of ether oxygens (including phenoxy) is 3. The van der Waals surface area contributed by atoms with Gasteiger partial charge in [0.1, 0.15) is 18.0 Å². The maximum Gasteiger partial charge on any atom is 0.307 e. The molecule has 0 unspecified atom stereocenters. The van der Waals surface area contributed by atoms with Crippen LogP contribution >= 0.6 is 11.6 Å². The second kappa shape index (κ2) is 9.42. The Bertz CT molecular complexity index is 961. The minimum Gasteiger partial charge on any atom is -0.489 e. The van der Waals surface area contributed by atoms with Gasteiger partial charge in [0.05, 0.1) is 18.6 Å². The highest BCUT2D eigenvalue weighted by atomic mass is 35.5. The first-order valence-electron chi connectivity index (χ1n) is 11.3. The zero-order valence-electron chi connectivity index (χ0n) is 19.2.